The first-order valence-electron chi connectivity index (χ1n) is 5.69. The molecule has 102 valence electrons. The second-order valence-corrected chi connectivity index (χ2v) is 4.99. The molecule has 1 N–H and O–H groups in total. The fraction of sp³-hybridized carbons (Fsp3) is 0.0769. The Balaban J connectivity index is 1.99. The van der Waals surface area contributed by atoms with Gasteiger partial charge in [0.05, 0.1) is 16.6 Å². The summed E-state index contributed by atoms with van der Waals surface area (Å²) in [6, 6.07) is 9.54. The van der Waals surface area contributed by atoms with Gasteiger partial charge in [0.2, 0.25) is 0 Å². The lowest BCUT2D eigenvalue weighted by molar-refractivity contribution is -0.140. The van der Waals surface area contributed by atoms with Crippen LogP contribution in [0.4, 0.5) is 13.2 Å². The third kappa shape index (κ3) is 2.49. The summed E-state index contributed by atoms with van der Waals surface area (Å²) in [5, 5.41) is 0.273. The second-order valence-electron chi connectivity index (χ2n) is 4.02. The molecule has 0 saturated carbocycles. The van der Waals surface area contributed by atoms with Crippen LogP contribution in [0.1, 0.15) is 5.56 Å². The van der Waals surface area contributed by atoms with Gasteiger partial charge in [0.25, 0.3) is 0 Å². The summed E-state index contributed by atoms with van der Waals surface area (Å²) in [5.74, 6) is 0. The van der Waals surface area contributed by atoms with Crippen molar-refractivity contribution in [1.82, 2.24) is 15.0 Å². The number of H-pyrrole nitrogens is 1. The van der Waals surface area contributed by atoms with Crippen molar-refractivity contribution in [1.29, 1.82) is 0 Å². The van der Waals surface area contributed by atoms with Crippen molar-refractivity contribution in [3.05, 3.63) is 48.2 Å². The standard InChI is InChI=1S/C13H8F3N3S/c14-13(15,16)8-4-3-7-17-11(8)20-12-18-9-5-1-2-6-10(9)19-12/h1-7H,(H,18,19). The summed E-state index contributed by atoms with van der Waals surface area (Å²) in [5.41, 5.74) is 0.726. The number of benzene rings is 1. The molecule has 3 nitrogen and oxygen atoms in total. The highest BCUT2D eigenvalue weighted by atomic mass is 32.2. The van der Waals surface area contributed by atoms with Crippen molar-refractivity contribution < 1.29 is 13.2 Å². The van der Waals surface area contributed by atoms with Crippen LogP contribution in [0, 0.1) is 0 Å². The van der Waals surface area contributed by atoms with Crippen molar-refractivity contribution in [3.63, 3.8) is 0 Å². The number of pyridine rings is 1. The van der Waals surface area contributed by atoms with Crippen molar-refractivity contribution in [2.24, 2.45) is 0 Å². The van der Waals surface area contributed by atoms with Gasteiger partial charge in [-0.1, -0.05) is 12.1 Å². The molecule has 0 unspecified atom stereocenters. The molecule has 0 saturated heterocycles. The van der Waals surface area contributed by atoms with Crippen LogP contribution in [0.25, 0.3) is 11.0 Å². The number of aromatic amines is 1. The molecule has 0 radical (unpaired) electrons. The molecule has 0 fully saturated rings. The maximum absolute atomic E-state index is 12.9. The van der Waals surface area contributed by atoms with Crippen LogP contribution in [-0.2, 0) is 6.18 Å². The first-order chi connectivity index (χ1) is 9.54. The van der Waals surface area contributed by atoms with E-state index in [0.717, 1.165) is 23.3 Å². The predicted octanol–water partition coefficient (Wildman–Crippen LogP) is 4.13. The van der Waals surface area contributed by atoms with E-state index in [1.807, 2.05) is 18.2 Å². The first-order valence-corrected chi connectivity index (χ1v) is 6.50. The molecule has 3 aromatic rings. The molecule has 0 aliphatic heterocycles. The fourth-order valence-electron chi connectivity index (χ4n) is 1.76. The Hall–Kier alpha value is -2.02. The van der Waals surface area contributed by atoms with E-state index in [9.17, 15) is 13.2 Å². The van der Waals surface area contributed by atoms with E-state index in [0.29, 0.717) is 10.7 Å². The smallest absolute Gasteiger partial charge is 0.333 e. The second kappa shape index (κ2) is 4.82. The molecule has 2 aromatic heterocycles. The maximum atomic E-state index is 12.9. The van der Waals surface area contributed by atoms with Crippen LogP contribution < -0.4 is 0 Å². The average Bonchev–Trinajstić information content (AvgIpc) is 2.80. The Morgan fingerprint density at radius 3 is 2.60 bits per heavy atom. The maximum Gasteiger partial charge on any atom is 0.419 e. The van der Waals surface area contributed by atoms with Gasteiger partial charge >= 0.3 is 6.18 Å². The molecular formula is C13H8F3N3S. The van der Waals surface area contributed by atoms with E-state index in [4.69, 9.17) is 0 Å². The normalized spacial score (nSPS) is 11.9. The van der Waals surface area contributed by atoms with Gasteiger partial charge in [-0.3, -0.25) is 0 Å². The lowest BCUT2D eigenvalue weighted by Crippen LogP contribution is -2.07. The zero-order valence-electron chi connectivity index (χ0n) is 9.98. The monoisotopic (exact) mass is 295 g/mol. The number of hydrogen-bond acceptors (Lipinski definition) is 3. The van der Waals surface area contributed by atoms with Crippen molar-refractivity contribution in [3.8, 4) is 0 Å². The van der Waals surface area contributed by atoms with E-state index in [1.54, 1.807) is 6.07 Å². The summed E-state index contributed by atoms with van der Waals surface area (Å²) in [4.78, 5) is 11.0. The lowest BCUT2D eigenvalue weighted by atomic mass is 10.3. The van der Waals surface area contributed by atoms with Crippen LogP contribution in [0.5, 0.6) is 0 Å². The Kier molecular flexibility index (Phi) is 3.13. The van der Waals surface area contributed by atoms with Crippen molar-refractivity contribution >= 4 is 22.8 Å². The third-order valence-electron chi connectivity index (χ3n) is 2.64. The number of aromatic nitrogens is 3. The van der Waals surface area contributed by atoms with E-state index < -0.39 is 11.7 Å². The summed E-state index contributed by atoms with van der Waals surface area (Å²) in [7, 11) is 0. The van der Waals surface area contributed by atoms with Crippen LogP contribution in [0.3, 0.4) is 0 Å². The van der Waals surface area contributed by atoms with E-state index in [2.05, 4.69) is 15.0 Å². The van der Waals surface area contributed by atoms with E-state index in [1.165, 1.54) is 12.3 Å². The molecule has 0 aliphatic carbocycles. The van der Waals surface area contributed by atoms with E-state index >= 15 is 0 Å². The number of hydrogen-bond donors (Lipinski definition) is 1. The number of fused-ring (bicyclic) bond motifs is 1. The molecule has 20 heavy (non-hydrogen) atoms. The van der Waals surface area contributed by atoms with Gasteiger partial charge in [-0.2, -0.15) is 13.2 Å². The molecule has 0 aliphatic rings. The quantitative estimate of drug-likeness (QED) is 0.773. The van der Waals surface area contributed by atoms with Crippen LogP contribution in [-0.4, -0.2) is 15.0 Å². The van der Waals surface area contributed by atoms with Crippen LogP contribution in [0.2, 0.25) is 0 Å². The predicted molar refractivity (Wildman–Crippen MR) is 69.5 cm³/mol. The highest BCUT2D eigenvalue weighted by Gasteiger charge is 2.34. The molecule has 0 bridgehead atoms. The number of imidazole rings is 1. The minimum atomic E-state index is -4.43. The zero-order valence-corrected chi connectivity index (χ0v) is 10.8. The molecule has 0 amide bonds. The summed E-state index contributed by atoms with van der Waals surface area (Å²) < 4.78 is 38.6. The number of rotatable bonds is 2. The van der Waals surface area contributed by atoms with Gasteiger partial charge < -0.3 is 4.98 Å². The Morgan fingerprint density at radius 2 is 1.85 bits per heavy atom. The van der Waals surface area contributed by atoms with Gasteiger partial charge in [0, 0.05) is 6.20 Å². The van der Waals surface area contributed by atoms with Crippen molar-refractivity contribution in [2.75, 3.05) is 0 Å². The minimum absolute atomic E-state index is 0.112. The molecule has 0 spiro atoms. The minimum Gasteiger partial charge on any atom is -0.333 e. The fourth-order valence-corrected chi connectivity index (χ4v) is 2.65. The number of nitrogens with zero attached hydrogens (tertiary/aromatic N) is 2. The summed E-state index contributed by atoms with van der Waals surface area (Å²) >= 11 is 0.869. The zero-order chi connectivity index (χ0) is 14.2. The van der Waals surface area contributed by atoms with Gasteiger partial charge in [-0.25, -0.2) is 9.97 Å². The van der Waals surface area contributed by atoms with Gasteiger partial charge in [-0.05, 0) is 36.0 Å². The Bertz CT molecular complexity index is 719. The summed E-state index contributed by atoms with van der Waals surface area (Å²) in [6.45, 7) is 0. The highest BCUT2D eigenvalue weighted by molar-refractivity contribution is 7.99. The Morgan fingerprint density at radius 1 is 1.05 bits per heavy atom. The molecule has 1 aromatic carbocycles. The van der Waals surface area contributed by atoms with Crippen LogP contribution >= 0.6 is 11.8 Å². The van der Waals surface area contributed by atoms with Crippen molar-refractivity contribution in [2.45, 2.75) is 16.4 Å². The number of nitrogens with one attached hydrogen (secondary N) is 1. The lowest BCUT2D eigenvalue weighted by Gasteiger charge is -2.09. The van der Waals surface area contributed by atoms with Gasteiger partial charge in [0.1, 0.15) is 5.03 Å². The largest absolute Gasteiger partial charge is 0.419 e. The molecule has 3 rings (SSSR count). The topological polar surface area (TPSA) is 41.6 Å². The van der Waals surface area contributed by atoms with E-state index in [-0.39, 0.29) is 5.03 Å². The number of halogens is 3. The average molecular weight is 295 g/mol. The number of alkyl halides is 3. The molecule has 0 atom stereocenters. The van der Waals surface area contributed by atoms with Gasteiger partial charge in [0.15, 0.2) is 5.16 Å². The first kappa shape index (κ1) is 13.0. The molecule has 7 heteroatoms. The van der Waals surface area contributed by atoms with Crippen LogP contribution in [0.15, 0.2) is 52.8 Å². The Labute approximate surface area is 116 Å². The van der Waals surface area contributed by atoms with Gasteiger partial charge in [-0.15, -0.1) is 0 Å². The number of para-hydroxylation sites is 2. The summed E-state index contributed by atoms with van der Waals surface area (Å²) in [6.07, 6.45) is -3.09. The molecular weight excluding hydrogens is 287 g/mol. The SMILES string of the molecule is FC(F)(F)c1cccnc1Sc1nc2ccccc2[nH]1. The third-order valence-corrected chi connectivity index (χ3v) is 3.54. The highest BCUT2D eigenvalue weighted by Crippen LogP contribution is 2.37. The molecule has 2 heterocycles.